The number of benzene rings is 1. The number of carboxylic acids is 1. The smallest absolute Gasteiger partial charge is 0.355 e. The first-order chi connectivity index (χ1) is 10.5. The van der Waals surface area contributed by atoms with E-state index in [1.165, 1.54) is 18.2 Å². The van der Waals surface area contributed by atoms with Gasteiger partial charge in [0.15, 0.2) is 0 Å². The number of carbonyl (C=O) groups is 2. The van der Waals surface area contributed by atoms with Crippen molar-refractivity contribution >= 4 is 34.6 Å². The van der Waals surface area contributed by atoms with E-state index in [2.05, 4.69) is 4.98 Å². The zero-order valence-corrected chi connectivity index (χ0v) is 11.5. The minimum absolute atomic E-state index is 0.0244. The molecule has 1 heterocycles. The van der Waals surface area contributed by atoms with Crippen molar-refractivity contribution in [2.75, 3.05) is 6.61 Å². The number of nitro groups is 1. The Morgan fingerprint density at radius 2 is 2.18 bits per heavy atom. The predicted octanol–water partition coefficient (Wildman–Crippen LogP) is 2.35. The third-order valence-corrected chi connectivity index (χ3v) is 2.92. The van der Waals surface area contributed by atoms with Gasteiger partial charge >= 0.3 is 11.9 Å². The molecule has 0 saturated carbocycles. The number of aromatic nitrogens is 1. The summed E-state index contributed by atoms with van der Waals surface area (Å²) < 4.78 is 4.88. The molecule has 0 aliphatic carbocycles. The molecule has 0 amide bonds. The highest BCUT2D eigenvalue weighted by molar-refractivity contribution is 6.06. The van der Waals surface area contributed by atoms with Crippen LogP contribution in [-0.2, 0) is 9.53 Å². The first kappa shape index (κ1) is 15.2. The number of carboxylic acid groups (broad SMARTS) is 1. The number of esters is 1. The van der Waals surface area contributed by atoms with Gasteiger partial charge in [-0.1, -0.05) is 12.1 Å². The number of hydrogen-bond acceptors (Lipinski definition) is 5. The van der Waals surface area contributed by atoms with E-state index in [-0.39, 0.29) is 29.1 Å². The lowest BCUT2D eigenvalue weighted by atomic mass is 10.1. The van der Waals surface area contributed by atoms with Crippen LogP contribution in [0.1, 0.15) is 23.0 Å². The highest BCUT2D eigenvalue weighted by Crippen LogP contribution is 2.31. The molecule has 2 N–H and O–H groups in total. The number of non-ortho nitro benzene ring substituents is 1. The lowest BCUT2D eigenvalue weighted by molar-refractivity contribution is -0.383. The summed E-state index contributed by atoms with van der Waals surface area (Å²) in [6, 6.07) is 4.31. The quantitative estimate of drug-likeness (QED) is 0.378. The molecule has 0 aliphatic heterocycles. The fourth-order valence-electron chi connectivity index (χ4n) is 2.07. The van der Waals surface area contributed by atoms with E-state index in [9.17, 15) is 19.7 Å². The van der Waals surface area contributed by atoms with Gasteiger partial charge in [0, 0.05) is 23.1 Å². The summed E-state index contributed by atoms with van der Waals surface area (Å²) in [6.45, 7) is 1.74. The second-order valence-corrected chi connectivity index (χ2v) is 4.26. The molecule has 0 unspecified atom stereocenters. The monoisotopic (exact) mass is 304 g/mol. The van der Waals surface area contributed by atoms with Gasteiger partial charge in [0.2, 0.25) is 0 Å². The molecule has 0 bridgehead atoms. The third kappa shape index (κ3) is 2.80. The summed E-state index contributed by atoms with van der Waals surface area (Å²) in [6.07, 6.45) is 2.06. The maximum Gasteiger partial charge on any atom is 0.355 e. The number of nitrogens with zero attached hydrogens (tertiary/aromatic N) is 1. The van der Waals surface area contributed by atoms with Crippen LogP contribution in [0.5, 0.6) is 0 Å². The summed E-state index contributed by atoms with van der Waals surface area (Å²) in [5.41, 5.74) is 0.141. The molecular formula is C14H12N2O6. The number of fused-ring (bicyclic) bond motifs is 1. The minimum Gasteiger partial charge on any atom is -0.478 e. The number of aromatic amines is 1. The molecular weight excluding hydrogens is 292 g/mol. The zero-order valence-electron chi connectivity index (χ0n) is 11.5. The number of H-pyrrole nitrogens is 1. The Balaban J connectivity index is 2.73. The van der Waals surface area contributed by atoms with Crippen molar-refractivity contribution in [3.05, 3.63) is 45.6 Å². The molecule has 0 aliphatic rings. The van der Waals surface area contributed by atoms with Crippen LogP contribution in [0.15, 0.2) is 24.3 Å². The molecule has 1 aromatic carbocycles. The Hall–Kier alpha value is -3.16. The molecule has 8 nitrogen and oxygen atoms in total. The van der Waals surface area contributed by atoms with Crippen molar-refractivity contribution in [1.29, 1.82) is 0 Å². The van der Waals surface area contributed by atoms with Crippen molar-refractivity contribution in [1.82, 2.24) is 4.98 Å². The van der Waals surface area contributed by atoms with Gasteiger partial charge in [-0.05, 0) is 13.0 Å². The molecule has 0 spiro atoms. The van der Waals surface area contributed by atoms with Gasteiger partial charge in [-0.25, -0.2) is 9.59 Å². The van der Waals surface area contributed by atoms with E-state index in [0.29, 0.717) is 5.39 Å². The number of para-hydroxylation sites is 1. The normalized spacial score (nSPS) is 11.0. The molecule has 22 heavy (non-hydrogen) atoms. The van der Waals surface area contributed by atoms with Gasteiger partial charge < -0.3 is 14.8 Å². The van der Waals surface area contributed by atoms with E-state index < -0.39 is 16.9 Å². The number of carbonyl (C=O) groups excluding carboxylic acids is 1. The van der Waals surface area contributed by atoms with Gasteiger partial charge in [0.1, 0.15) is 11.2 Å². The zero-order chi connectivity index (χ0) is 16.3. The maximum absolute atomic E-state index is 12.0. The Labute approximate surface area is 124 Å². The average molecular weight is 304 g/mol. The maximum atomic E-state index is 12.0. The van der Waals surface area contributed by atoms with Crippen molar-refractivity contribution in [3.8, 4) is 0 Å². The topological polar surface area (TPSA) is 123 Å². The number of rotatable bonds is 5. The Kier molecular flexibility index (Phi) is 4.21. The van der Waals surface area contributed by atoms with Crippen molar-refractivity contribution in [2.24, 2.45) is 0 Å². The molecule has 8 heteroatoms. The number of nitrogens with one attached hydrogen (secondary N) is 1. The van der Waals surface area contributed by atoms with Crippen LogP contribution in [0, 0.1) is 10.1 Å². The lowest BCUT2D eigenvalue weighted by Gasteiger charge is -2.00. The number of hydrogen-bond donors (Lipinski definition) is 2. The van der Waals surface area contributed by atoms with Crippen LogP contribution in [0.3, 0.4) is 0 Å². The first-order valence-electron chi connectivity index (χ1n) is 6.33. The Morgan fingerprint density at radius 3 is 2.77 bits per heavy atom. The Morgan fingerprint density at radius 1 is 1.45 bits per heavy atom. The van der Waals surface area contributed by atoms with Crippen LogP contribution in [0.25, 0.3) is 17.0 Å². The molecule has 0 radical (unpaired) electrons. The predicted molar refractivity (Wildman–Crippen MR) is 77.6 cm³/mol. The second kappa shape index (κ2) is 6.08. The molecule has 0 atom stereocenters. The van der Waals surface area contributed by atoms with Crippen molar-refractivity contribution in [2.45, 2.75) is 6.92 Å². The van der Waals surface area contributed by atoms with Gasteiger partial charge in [0.05, 0.1) is 11.5 Å². The highest BCUT2D eigenvalue weighted by Gasteiger charge is 2.22. The van der Waals surface area contributed by atoms with E-state index in [0.717, 1.165) is 6.08 Å². The molecule has 114 valence electrons. The van der Waals surface area contributed by atoms with Crippen LogP contribution in [0.2, 0.25) is 0 Å². The lowest BCUT2D eigenvalue weighted by Crippen LogP contribution is -2.06. The standard InChI is InChI=1S/C14H12N2O6/c1-2-22-14(19)13-9(6-7-11(17)18)8-4-3-5-10(16(20)21)12(8)15-13/h3-7,15H,2H2,1H3,(H,17,18)/b7-6-. The third-order valence-electron chi connectivity index (χ3n) is 2.92. The second-order valence-electron chi connectivity index (χ2n) is 4.26. The van der Waals surface area contributed by atoms with E-state index in [1.54, 1.807) is 13.0 Å². The van der Waals surface area contributed by atoms with Crippen LogP contribution >= 0.6 is 0 Å². The van der Waals surface area contributed by atoms with E-state index in [4.69, 9.17) is 9.84 Å². The largest absolute Gasteiger partial charge is 0.478 e. The molecule has 0 fully saturated rings. The summed E-state index contributed by atoms with van der Waals surface area (Å²) in [4.78, 5) is 35.8. The van der Waals surface area contributed by atoms with Gasteiger partial charge in [-0.15, -0.1) is 0 Å². The summed E-state index contributed by atoms with van der Waals surface area (Å²) in [5, 5.41) is 20.2. The molecule has 2 aromatic rings. The van der Waals surface area contributed by atoms with Crippen molar-refractivity contribution in [3.63, 3.8) is 0 Å². The van der Waals surface area contributed by atoms with Gasteiger partial charge in [0.25, 0.3) is 5.69 Å². The van der Waals surface area contributed by atoms with Gasteiger partial charge in [-0.3, -0.25) is 10.1 Å². The first-order valence-corrected chi connectivity index (χ1v) is 6.33. The SMILES string of the molecule is CCOC(=O)c1[nH]c2c([N+](=O)[O-])cccc2c1/C=C\C(=O)O. The summed E-state index contributed by atoms with van der Waals surface area (Å²) in [5.74, 6) is -1.91. The molecule has 1 aromatic heterocycles. The average Bonchev–Trinajstić information content (AvgIpc) is 2.83. The number of ether oxygens (including phenoxy) is 1. The van der Waals surface area contributed by atoms with Crippen molar-refractivity contribution < 1.29 is 24.4 Å². The van der Waals surface area contributed by atoms with Gasteiger partial charge in [-0.2, -0.15) is 0 Å². The fraction of sp³-hybridized carbons (Fsp3) is 0.143. The molecule has 0 saturated heterocycles. The fourth-order valence-corrected chi connectivity index (χ4v) is 2.07. The van der Waals surface area contributed by atoms with E-state index >= 15 is 0 Å². The number of aliphatic carboxylic acids is 1. The summed E-state index contributed by atoms with van der Waals surface area (Å²) >= 11 is 0. The molecule has 2 rings (SSSR count). The highest BCUT2D eigenvalue weighted by atomic mass is 16.6. The summed E-state index contributed by atoms with van der Waals surface area (Å²) in [7, 11) is 0. The van der Waals surface area contributed by atoms with Crippen LogP contribution in [-0.4, -0.2) is 33.6 Å². The Bertz CT molecular complexity index is 790. The minimum atomic E-state index is -1.20. The van der Waals surface area contributed by atoms with Crippen LogP contribution < -0.4 is 0 Å². The van der Waals surface area contributed by atoms with E-state index in [1.807, 2.05) is 0 Å². The number of nitro benzene ring substituents is 1. The van der Waals surface area contributed by atoms with Crippen LogP contribution in [0.4, 0.5) is 5.69 Å².